The van der Waals surface area contributed by atoms with E-state index in [1.54, 1.807) is 19.0 Å². The van der Waals surface area contributed by atoms with E-state index >= 15 is 0 Å². The maximum atomic E-state index is 12.0. The molecule has 3 rings (SSSR count). The number of nitrogens with zero attached hydrogens (tertiary/aromatic N) is 4. The average Bonchev–Trinajstić information content (AvgIpc) is 2.81. The van der Waals surface area contributed by atoms with Crippen molar-refractivity contribution in [3.05, 3.63) is 0 Å². The number of rotatable bonds is 8. The molecule has 31 heavy (non-hydrogen) atoms. The summed E-state index contributed by atoms with van der Waals surface area (Å²) in [7, 11) is 3.56. The Bertz CT molecular complexity index is 550. The lowest BCUT2D eigenvalue weighted by Crippen LogP contribution is -2.51. The fourth-order valence-electron chi connectivity index (χ4n) is 4.82. The molecule has 1 saturated carbocycles. The fraction of sp³-hybridized carbons (Fsp3) is 0.913. The molecule has 2 heterocycles. The summed E-state index contributed by atoms with van der Waals surface area (Å²) in [4.78, 5) is 23.4. The van der Waals surface area contributed by atoms with Crippen molar-refractivity contribution in [3.63, 3.8) is 0 Å². The van der Waals surface area contributed by atoms with Crippen molar-refractivity contribution in [2.45, 2.75) is 63.5 Å². The monoisotopic (exact) mass is 436 g/mol. The molecule has 2 saturated heterocycles. The van der Waals surface area contributed by atoms with E-state index < -0.39 is 0 Å². The summed E-state index contributed by atoms with van der Waals surface area (Å²) in [5.74, 6) is 0.815. The Hall–Kier alpha value is -1.38. The highest BCUT2D eigenvalue weighted by Gasteiger charge is 2.26. The number of hydrogen-bond acceptors (Lipinski definition) is 5. The number of carbonyl (C=O) groups is 1. The molecule has 2 N–H and O–H groups in total. The van der Waals surface area contributed by atoms with Gasteiger partial charge in [-0.1, -0.05) is 19.3 Å². The molecular formula is C23H44N6O2. The standard InChI is InChI=1S/C23H44N6O2/c1-27(2)22(30)19-25-23(24-11-6-12-28-15-17-31-18-16-28)26-20-9-13-29(14-10-20)21-7-4-3-5-8-21/h20-21H,3-19H2,1-2H3,(H2,24,25,26). The van der Waals surface area contributed by atoms with Gasteiger partial charge < -0.3 is 25.2 Å². The van der Waals surface area contributed by atoms with E-state index in [9.17, 15) is 4.79 Å². The first-order chi connectivity index (χ1) is 15.1. The number of aliphatic imine (C=N–C) groups is 1. The van der Waals surface area contributed by atoms with E-state index in [-0.39, 0.29) is 12.5 Å². The van der Waals surface area contributed by atoms with Crippen LogP contribution in [-0.4, -0.2) is 112 Å². The third kappa shape index (κ3) is 8.58. The van der Waals surface area contributed by atoms with E-state index in [1.807, 2.05) is 0 Å². The highest BCUT2D eigenvalue weighted by Crippen LogP contribution is 2.25. The Morgan fingerprint density at radius 2 is 1.74 bits per heavy atom. The highest BCUT2D eigenvalue weighted by atomic mass is 16.5. The maximum absolute atomic E-state index is 12.0. The van der Waals surface area contributed by atoms with Crippen molar-refractivity contribution < 1.29 is 9.53 Å². The van der Waals surface area contributed by atoms with Crippen molar-refractivity contribution in [1.82, 2.24) is 25.3 Å². The molecule has 0 aromatic rings. The first-order valence-corrected chi connectivity index (χ1v) is 12.4. The minimum absolute atomic E-state index is 0.0292. The van der Waals surface area contributed by atoms with Gasteiger partial charge >= 0.3 is 0 Å². The van der Waals surface area contributed by atoms with Gasteiger partial charge in [0.2, 0.25) is 5.91 Å². The molecule has 3 fully saturated rings. The lowest BCUT2D eigenvalue weighted by atomic mass is 9.92. The summed E-state index contributed by atoms with van der Waals surface area (Å²) in [6.45, 7) is 8.19. The predicted molar refractivity (Wildman–Crippen MR) is 125 cm³/mol. The molecule has 0 spiro atoms. The van der Waals surface area contributed by atoms with Gasteiger partial charge in [-0.25, -0.2) is 4.99 Å². The van der Waals surface area contributed by atoms with E-state index in [1.165, 1.54) is 45.2 Å². The Balaban J connectivity index is 1.43. The molecule has 8 nitrogen and oxygen atoms in total. The van der Waals surface area contributed by atoms with Crippen LogP contribution in [0.1, 0.15) is 51.4 Å². The smallest absolute Gasteiger partial charge is 0.243 e. The van der Waals surface area contributed by atoms with E-state index in [0.29, 0.717) is 6.04 Å². The molecule has 0 aromatic heterocycles. The summed E-state index contributed by atoms with van der Waals surface area (Å²) >= 11 is 0. The molecule has 3 aliphatic rings. The number of amides is 1. The van der Waals surface area contributed by atoms with Gasteiger partial charge in [0.05, 0.1) is 13.2 Å². The molecule has 2 aliphatic heterocycles. The zero-order chi connectivity index (χ0) is 21.9. The second kappa shape index (κ2) is 13.2. The van der Waals surface area contributed by atoms with Gasteiger partial charge in [0.25, 0.3) is 0 Å². The number of hydrogen-bond donors (Lipinski definition) is 2. The van der Waals surface area contributed by atoms with Gasteiger partial charge in [-0.05, 0) is 38.6 Å². The SMILES string of the molecule is CN(C)C(=O)CN=C(NCCCN1CCOCC1)NC1CCN(C2CCCCC2)CC1. The van der Waals surface area contributed by atoms with Crippen LogP contribution in [0.25, 0.3) is 0 Å². The summed E-state index contributed by atoms with van der Waals surface area (Å²) in [6.07, 6.45) is 10.3. The number of carbonyl (C=O) groups excluding carboxylic acids is 1. The largest absolute Gasteiger partial charge is 0.379 e. The van der Waals surface area contributed by atoms with Gasteiger partial charge in [0.1, 0.15) is 6.54 Å². The van der Waals surface area contributed by atoms with Crippen LogP contribution in [0, 0.1) is 0 Å². The van der Waals surface area contributed by atoms with Crippen LogP contribution < -0.4 is 10.6 Å². The lowest BCUT2D eigenvalue weighted by Gasteiger charge is -2.39. The lowest BCUT2D eigenvalue weighted by molar-refractivity contribution is -0.127. The van der Waals surface area contributed by atoms with Gasteiger partial charge in [0.15, 0.2) is 5.96 Å². The van der Waals surface area contributed by atoms with Gasteiger partial charge in [-0.3, -0.25) is 9.69 Å². The van der Waals surface area contributed by atoms with Crippen molar-refractivity contribution in [2.75, 3.05) is 73.1 Å². The molecule has 8 heteroatoms. The predicted octanol–water partition coefficient (Wildman–Crippen LogP) is 1.13. The molecule has 178 valence electrons. The first-order valence-electron chi connectivity index (χ1n) is 12.4. The first kappa shape index (κ1) is 24.3. The molecule has 0 atom stereocenters. The van der Waals surface area contributed by atoms with Gasteiger partial charge in [-0.2, -0.15) is 0 Å². The van der Waals surface area contributed by atoms with Crippen LogP contribution in [0.3, 0.4) is 0 Å². The van der Waals surface area contributed by atoms with Crippen molar-refractivity contribution in [2.24, 2.45) is 4.99 Å². The highest BCUT2D eigenvalue weighted by molar-refractivity contribution is 5.84. The van der Waals surface area contributed by atoms with Crippen molar-refractivity contribution in [3.8, 4) is 0 Å². The third-order valence-corrected chi connectivity index (χ3v) is 6.88. The van der Waals surface area contributed by atoms with E-state index in [2.05, 4.69) is 25.4 Å². The van der Waals surface area contributed by atoms with Crippen molar-refractivity contribution in [1.29, 1.82) is 0 Å². The van der Waals surface area contributed by atoms with E-state index in [0.717, 1.165) is 70.7 Å². The Labute approximate surface area is 188 Å². The number of likely N-dealkylation sites (tertiary alicyclic amines) is 1. The zero-order valence-electron chi connectivity index (χ0n) is 19.8. The van der Waals surface area contributed by atoms with Crippen LogP contribution in [0.5, 0.6) is 0 Å². The normalized spacial score (nSPS) is 23.0. The molecular weight excluding hydrogens is 392 g/mol. The molecule has 1 amide bonds. The van der Waals surface area contributed by atoms with Crippen LogP contribution >= 0.6 is 0 Å². The number of ether oxygens (including phenoxy) is 1. The number of piperidine rings is 1. The Morgan fingerprint density at radius 3 is 2.42 bits per heavy atom. The van der Waals surface area contributed by atoms with Crippen LogP contribution in [0.2, 0.25) is 0 Å². The zero-order valence-corrected chi connectivity index (χ0v) is 19.8. The summed E-state index contributed by atoms with van der Waals surface area (Å²) in [5.41, 5.74) is 0. The summed E-state index contributed by atoms with van der Waals surface area (Å²) in [5, 5.41) is 7.09. The number of morpholine rings is 1. The Kier molecular flexibility index (Phi) is 10.4. The van der Waals surface area contributed by atoms with E-state index in [4.69, 9.17) is 4.74 Å². The summed E-state index contributed by atoms with van der Waals surface area (Å²) in [6, 6.07) is 1.23. The van der Waals surface area contributed by atoms with Crippen LogP contribution in [0.15, 0.2) is 4.99 Å². The minimum atomic E-state index is 0.0292. The second-order valence-corrected chi connectivity index (χ2v) is 9.43. The number of guanidine groups is 1. The molecule has 1 aliphatic carbocycles. The number of nitrogens with one attached hydrogen (secondary N) is 2. The van der Waals surface area contributed by atoms with Gasteiger partial charge in [-0.15, -0.1) is 0 Å². The van der Waals surface area contributed by atoms with Crippen molar-refractivity contribution >= 4 is 11.9 Å². The maximum Gasteiger partial charge on any atom is 0.243 e. The topological polar surface area (TPSA) is 72.4 Å². The second-order valence-electron chi connectivity index (χ2n) is 9.43. The molecule has 0 bridgehead atoms. The molecule has 0 radical (unpaired) electrons. The number of likely N-dealkylation sites (N-methyl/N-ethyl adjacent to an activating group) is 1. The average molecular weight is 437 g/mol. The minimum Gasteiger partial charge on any atom is -0.379 e. The van der Waals surface area contributed by atoms with Crippen LogP contribution in [0.4, 0.5) is 0 Å². The quantitative estimate of drug-likeness (QED) is 0.338. The Morgan fingerprint density at radius 1 is 1.03 bits per heavy atom. The molecule has 0 unspecified atom stereocenters. The van der Waals surface area contributed by atoms with Gasteiger partial charge in [0, 0.05) is 58.9 Å². The fourth-order valence-corrected chi connectivity index (χ4v) is 4.82. The molecule has 0 aromatic carbocycles. The van der Waals surface area contributed by atoms with Crippen LogP contribution in [-0.2, 0) is 9.53 Å². The third-order valence-electron chi connectivity index (χ3n) is 6.88. The summed E-state index contributed by atoms with van der Waals surface area (Å²) < 4.78 is 5.42.